The minimum Gasteiger partial charge on any atom is -0.389 e. The van der Waals surface area contributed by atoms with Gasteiger partial charge in [-0.3, -0.25) is 0 Å². The minimum atomic E-state index is 0.116. The third-order valence-electron chi connectivity index (χ3n) is 2.71. The zero-order chi connectivity index (χ0) is 14.3. The van der Waals surface area contributed by atoms with Crippen molar-refractivity contribution in [1.29, 1.82) is 0 Å². The van der Waals surface area contributed by atoms with Crippen LogP contribution in [0.2, 0.25) is 0 Å². The third-order valence-corrected chi connectivity index (χ3v) is 2.93. The van der Waals surface area contributed by atoms with Crippen LogP contribution in [0, 0.1) is 0 Å². The normalized spacial score (nSPS) is 12.2. The molecule has 0 bridgehead atoms. The summed E-state index contributed by atoms with van der Waals surface area (Å²) in [7, 11) is 3.32. The molecule has 19 heavy (non-hydrogen) atoms. The minimum absolute atomic E-state index is 0.116. The molecule has 1 rings (SSSR count). The second-order valence-electron chi connectivity index (χ2n) is 4.12. The molecule has 0 aliphatic heterocycles. The highest BCUT2D eigenvalue weighted by atomic mass is 32.1. The Morgan fingerprint density at radius 2 is 2.21 bits per heavy atom. The van der Waals surface area contributed by atoms with Crippen LogP contribution in [0.15, 0.2) is 12.3 Å². The molecular formula is C12H20N4O2S. The molecule has 1 unspecified atom stereocenters. The summed E-state index contributed by atoms with van der Waals surface area (Å²) in [6, 6.07) is 1.88. The number of nitrogens with zero attached hydrogens (tertiary/aromatic N) is 3. The van der Waals surface area contributed by atoms with E-state index in [1.165, 1.54) is 0 Å². The maximum atomic E-state index is 5.73. The number of nitrogens with two attached hydrogens (primary N) is 1. The van der Waals surface area contributed by atoms with Crippen LogP contribution >= 0.6 is 12.2 Å². The second-order valence-corrected chi connectivity index (χ2v) is 4.56. The second kappa shape index (κ2) is 7.98. The van der Waals surface area contributed by atoms with Crippen molar-refractivity contribution in [2.45, 2.75) is 13.0 Å². The molecule has 1 atom stereocenters. The fourth-order valence-corrected chi connectivity index (χ4v) is 1.94. The van der Waals surface area contributed by atoms with E-state index in [1.54, 1.807) is 26.5 Å². The lowest BCUT2D eigenvalue weighted by molar-refractivity contribution is 0.170. The van der Waals surface area contributed by atoms with Crippen molar-refractivity contribution in [2.75, 3.05) is 38.9 Å². The van der Waals surface area contributed by atoms with E-state index in [9.17, 15) is 0 Å². The molecule has 0 saturated heterocycles. The van der Waals surface area contributed by atoms with Gasteiger partial charge in [0.1, 0.15) is 4.99 Å². The lowest BCUT2D eigenvalue weighted by Gasteiger charge is -2.30. The molecular weight excluding hydrogens is 264 g/mol. The summed E-state index contributed by atoms with van der Waals surface area (Å²) < 4.78 is 10.3. The number of thiocarbonyl (C=S) groups is 1. The molecule has 0 spiro atoms. The van der Waals surface area contributed by atoms with Crippen molar-refractivity contribution in [3.63, 3.8) is 0 Å². The highest BCUT2D eigenvalue weighted by molar-refractivity contribution is 7.80. The van der Waals surface area contributed by atoms with Gasteiger partial charge in [-0.1, -0.05) is 12.2 Å². The Kier molecular flexibility index (Phi) is 6.61. The lowest BCUT2D eigenvalue weighted by atomic mass is 10.2. The van der Waals surface area contributed by atoms with Gasteiger partial charge in [0, 0.05) is 20.8 Å². The molecule has 2 N–H and O–H groups in total. The Morgan fingerprint density at radius 1 is 1.47 bits per heavy atom. The standard InChI is InChI=1S/C12H20N4O2S/c1-9(8-18-3)16(6-7-17-2)12-10(11(13)19)4-5-14-15-12/h4-5,9H,6-8H2,1-3H3,(H2,13,19). The van der Waals surface area contributed by atoms with E-state index >= 15 is 0 Å². The molecule has 0 aliphatic carbocycles. The molecule has 0 radical (unpaired) electrons. The summed E-state index contributed by atoms with van der Waals surface area (Å²) in [5, 5.41) is 8.06. The summed E-state index contributed by atoms with van der Waals surface area (Å²) in [6.07, 6.45) is 1.58. The lowest BCUT2D eigenvalue weighted by Crippen LogP contribution is -2.40. The highest BCUT2D eigenvalue weighted by Crippen LogP contribution is 2.18. The van der Waals surface area contributed by atoms with Crippen LogP contribution < -0.4 is 10.6 Å². The summed E-state index contributed by atoms with van der Waals surface area (Å²) in [6.45, 7) is 3.84. The van der Waals surface area contributed by atoms with Gasteiger partial charge in [-0.05, 0) is 13.0 Å². The van der Waals surface area contributed by atoms with Crippen molar-refractivity contribution < 1.29 is 9.47 Å². The monoisotopic (exact) mass is 284 g/mol. The van der Waals surface area contributed by atoms with Gasteiger partial charge >= 0.3 is 0 Å². The Bertz CT molecular complexity index is 416. The summed E-state index contributed by atoms with van der Waals surface area (Å²) in [4.78, 5) is 2.34. The smallest absolute Gasteiger partial charge is 0.161 e. The van der Waals surface area contributed by atoms with Crippen molar-refractivity contribution in [3.05, 3.63) is 17.8 Å². The zero-order valence-electron chi connectivity index (χ0n) is 11.5. The van der Waals surface area contributed by atoms with Gasteiger partial charge < -0.3 is 20.1 Å². The number of anilines is 1. The quantitative estimate of drug-likeness (QED) is 0.701. The van der Waals surface area contributed by atoms with Crippen LogP contribution in [0.3, 0.4) is 0 Å². The summed E-state index contributed by atoms with van der Waals surface area (Å²) in [5.41, 5.74) is 6.44. The Balaban J connectivity index is 3.05. The van der Waals surface area contributed by atoms with Crippen LogP contribution in [0.4, 0.5) is 5.82 Å². The van der Waals surface area contributed by atoms with Gasteiger partial charge in [-0.25, -0.2) is 0 Å². The van der Waals surface area contributed by atoms with Gasteiger partial charge in [-0.2, -0.15) is 5.10 Å². The molecule has 0 fully saturated rings. The number of aromatic nitrogens is 2. The van der Waals surface area contributed by atoms with Gasteiger partial charge in [0.2, 0.25) is 0 Å². The van der Waals surface area contributed by atoms with Crippen molar-refractivity contribution >= 4 is 23.0 Å². The van der Waals surface area contributed by atoms with E-state index in [0.29, 0.717) is 36.1 Å². The van der Waals surface area contributed by atoms with E-state index in [0.717, 1.165) is 0 Å². The molecule has 106 valence electrons. The van der Waals surface area contributed by atoms with Crippen LogP contribution in [0.25, 0.3) is 0 Å². The molecule has 0 aromatic carbocycles. The van der Waals surface area contributed by atoms with Gasteiger partial charge in [0.25, 0.3) is 0 Å². The SMILES string of the molecule is COCCN(c1nnccc1C(N)=S)C(C)COC. The number of hydrogen-bond donors (Lipinski definition) is 1. The molecule has 0 aliphatic rings. The summed E-state index contributed by atoms with van der Waals surface area (Å²) >= 11 is 5.05. The molecule has 0 saturated carbocycles. The van der Waals surface area contributed by atoms with Crippen LogP contribution in [-0.2, 0) is 9.47 Å². The fraction of sp³-hybridized carbons (Fsp3) is 0.583. The fourth-order valence-electron chi connectivity index (χ4n) is 1.78. The van der Waals surface area contributed by atoms with Crippen molar-refractivity contribution in [1.82, 2.24) is 10.2 Å². The first kappa shape index (κ1) is 15.7. The van der Waals surface area contributed by atoms with Gasteiger partial charge in [0.15, 0.2) is 5.82 Å². The van der Waals surface area contributed by atoms with Crippen LogP contribution in [0.5, 0.6) is 0 Å². The predicted octanol–water partition coefficient (Wildman–Crippen LogP) is 0.599. The Hall–Kier alpha value is -1.31. The number of hydrogen-bond acceptors (Lipinski definition) is 6. The number of rotatable bonds is 8. The number of ether oxygens (including phenoxy) is 2. The molecule has 7 heteroatoms. The summed E-state index contributed by atoms with van der Waals surface area (Å²) in [5.74, 6) is 0.664. The van der Waals surface area contributed by atoms with Gasteiger partial charge in [-0.15, -0.1) is 5.10 Å². The van der Waals surface area contributed by atoms with E-state index in [1.807, 2.05) is 11.8 Å². The van der Waals surface area contributed by atoms with E-state index < -0.39 is 0 Å². The molecule has 1 heterocycles. The molecule has 1 aromatic heterocycles. The Morgan fingerprint density at radius 3 is 2.79 bits per heavy atom. The van der Waals surface area contributed by atoms with Crippen LogP contribution in [0.1, 0.15) is 12.5 Å². The maximum absolute atomic E-state index is 5.73. The number of methoxy groups -OCH3 is 2. The molecule has 1 aromatic rings. The highest BCUT2D eigenvalue weighted by Gasteiger charge is 2.20. The first-order valence-corrected chi connectivity index (χ1v) is 6.38. The van der Waals surface area contributed by atoms with E-state index in [-0.39, 0.29) is 6.04 Å². The van der Waals surface area contributed by atoms with Crippen molar-refractivity contribution in [2.24, 2.45) is 5.73 Å². The average molecular weight is 284 g/mol. The van der Waals surface area contributed by atoms with E-state index in [4.69, 9.17) is 27.4 Å². The average Bonchev–Trinajstić information content (AvgIpc) is 2.40. The first-order chi connectivity index (χ1) is 9.11. The molecule has 0 amide bonds. The predicted molar refractivity (Wildman–Crippen MR) is 78.5 cm³/mol. The van der Waals surface area contributed by atoms with Gasteiger partial charge in [0.05, 0.1) is 31.0 Å². The topological polar surface area (TPSA) is 73.5 Å². The maximum Gasteiger partial charge on any atom is 0.161 e. The zero-order valence-corrected chi connectivity index (χ0v) is 12.3. The largest absolute Gasteiger partial charge is 0.389 e. The Labute approximate surface area is 118 Å². The first-order valence-electron chi connectivity index (χ1n) is 5.97. The molecule has 6 nitrogen and oxygen atoms in total. The van der Waals surface area contributed by atoms with Crippen LogP contribution in [-0.4, -0.2) is 55.2 Å². The van der Waals surface area contributed by atoms with Crippen molar-refractivity contribution in [3.8, 4) is 0 Å². The van der Waals surface area contributed by atoms with E-state index in [2.05, 4.69) is 10.2 Å². The third kappa shape index (κ3) is 4.38.